The lowest BCUT2D eigenvalue weighted by Gasteiger charge is -2.15. The van der Waals surface area contributed by atoms with Crippen molar-refractivity contribution in [3.63, 3.8) is 0 Å². The molecule has 0 radical (unpaired) electrons. The second kappa shape index (κ2) is 7.30. The van der Waals surface area contributed by atoms with Gasteiger partial charge in [-0.05, 0) is 79.8 Å². The molecule has 0 fully saturated rings. The van der Waals surface area contributed by atoms with Gasteiger partial charge in [0.05, 0.1) is 0 Å². The molecule has 4 nitrogen and oxygen atoms in total. The third kappa shape index (κ3) is 3.82. The molecule has 0 unspecified atom stereocenters. The SMILES string of the molecule is C=C(COc1ccc(O)c(C)c1C)COc1ccc(O)c(C)c1C. The van der Waals surface area contributed by atoms with E-state index in [1.807, 2.05) is 27.7 Å². The first-order valence-electron chi connectivity index (χ1n) is 7.81. The van der Waals surface area contributed by atoms with Crippen molar-refractivity contribution in [2.24, 2.45) is 0 Å². The number of hydrogen-bond donors (Lipinski definition) is 2. The van der Waals surface area contributed by atoms with Crippen LogP contribution < -0.4 is 9.47 Å². The summed E-state index contributed by atoms with van der Waals surface area (Å²) in [6.07, 6.45) is 0. The van der Waals surface area contributed by atoms with Crippen molar-refractivity contribution in [3.05, 3.63) is 58.7 Å². The van der Waals surface area contributed by atoms with Crippen LogP contribution in [0.25, 0.3) is 0 Å². The maximum atomic E-state index is 9.67. The van der Waals surface area contributed by atoms with Crippen LogP contribution in [0.1, 0.15) is 22.3 Å². The first kappa shape index (κ1) is 17.7. The Bertz CT molecular complexity index is 699. The highest BCUT2D eigenvalue weighted by Gasteiger charge is 2.09. The highest BCUT2D eigenvalue weighted by molar-refractivity contribution is 5.47. The van der Waals surface area contributed by atoms with Gasteiger partial charge in [-0.3, -0.25) is 0 Å². The van der Waals surface area contributed by atoms with Crippen LogP contribution in [0.15, 0.2) is 36.4 Å². The lowest BCUT2D eigenvalue weighted by molar-refractivity contribution is 0.298. The van der Waals surface area contributed by atoms with E-state index in [-0.39, 0.29) is 11.5 Å². The Morgan fingerprint density at radius 1 is 0.750 bits per heavy atom. The predicted molar refractivity (Wildman–Crippen MR) is 95.3 cm³/mol. The van der Waals surface area contributed by atoms with Gasteiger partial charge in [-0.25, -0.2) is 0 Å². The first-order valence-corrected chi connectivity index (χ1v) is 7.81. The van der Waals surface area contributed by atoms with E-state index >= 15 is 0 Å². The first-order chi connectivity index (χ1) is 11.3. The monoisotopic (exact) mass is 328 g/mol. The summed E-state index contributed by atoms with van der Waals surface area (Å²) in [7, 11) is 0. The van der Waals surface area contributed by atoms with E-state index in [0.29, 0.717) is 13.2 Å². The summed E-state index contributed by atoms with van der Waals surface area (Å²) in [6.45, 7) is 12.2. The molecule has 0 aliphatic carbocycles. The number of benzene rings is 2. The lowest BCUT2D eigenvalue weighted by atomic mass is 10.1. The Hall–Kier alpha value is -2.62. The summed E-state index contributed by atoms with van der Waals surface area (Å²) < 4.78 is 11.5. The quantitative estimate of drug-likeness (QED) is 0.774. The molecule has 0 aliphatic heterocycles. The third-order valence-corrected chi connectivity index (χ3v) is 4.28. The average molecular weight is 328 g/mol. The maximum Gasteiger partial charge on any atom is 0.123 e. The Labute approximate surface area is 143 Å². The second-order valence-electron chi connectivity index (χ2n) is 5.99. The average Bonchev–Trinajstić information content (AvgIpc) is 2.56. The van der Waals surface area contributed by atoms with Crippen LogP contribution in [0.5, 0.6) is 23.0 Å². The number of phenols is 2. The van der Waals surface area contributed by atoms with Crippen molar-refractivity contribution < 1.29 is 19.7 Å². The van der Waals surface area contributed by atoms with Crippen molar-refractivity contribution in [2.45, 2.75) is 27.7 Å². The summed E-state index contributed by atoms with van der Waals surface area (Å²) >= 11 is 0. The molecule has 2 aromatic carbocycles. The van der Waals surface area contributed by atoms with E-state index in [2.05, 4.69) is 6.58 Å². The number of aromatic hydroxyl groups is 2. The van der Waals surface area contributed by atoms with Gasteiger partial charge in [0.15, 0.2) is 0 Å². The normalized spacial score (nSPS) is 10.5. The number of phenolic OH excluding ortho intramolecular Hbond substituents is 2. The molecular weight excluding hydrogens is 304 g/mol. The summed E-state index contributed by atoms with van der Waals surface area (Å²) in [6, 6.07) is 6.75. The molecule has 0 aromatic heterocycles. The minimum atomic E-state index is 0.264. The largest absolute Gasteiger partial charge is 0.508 e. The topological polar surface area (TPSA) is 58.9 Å². The van der Waals surface area contributed by atoms with E-state index < -0.39 is 0 Å². The third-order valence-electron chi connectivity index (χ3n) is 4.28. The van der Waals surface area contributed by atoms with Crippen molar-refractivity contribution >= 4 is 0 Å². The molecule has 0 amide bonds. The van der Waals surface area contributed by atoms with Gasteiger partial charge >= 0.3 is 0 Å². The molecular formula is C20H24O4. The maximum absolute atomic E-state index is 9.67. The van der Waals surface area contributed by atoms with Gasteiger partial charge in [0.2, 0.25) is 0 Å². The Kier molecular flexibility index (Phi) is 5.39. The van der Waals surface area contributed by atoms with Crippen LogP contribution in [-0.4, -0.2) is 23.4 Å². The molecule has 0 heterocycles. The summed E-state index contributed by atoms with van der Waals surface area (Å²) in [5, 5.41) is 19.3. The van der Waals surface area contributed by atoms with Gasteiger partial charge in [-0.2, -0.15) is 0 Å². The lowest BCUT2D eigenvalue weighted by Crippen LogP contribution is -2.10. The zero-order valence-corrected chi connectivity index (χ0v) is 14.6. The van der Waals surface area contributed by atoms with Crippen LogP contribution in [-0.2, 0) is 0 Å². The van der Waals surface area contributed by atoms with E-state index in [1.54, 1.807) is 24.3 Å². The van der Waals surface area contributed by atoms with Crippen molar-refractivity contribution in [1.29, 1.82) is 0 Å². The van der Waals surface area contributed by atoms with Gasteiger partial charge in [0, 0.05) is 0 Å². The molecule has 4 heteroatoms. The molecule has 2 rings (SSSR count). The van der Waals surface area contributed by atoms with Crippen molar-refractivity contribution in [3.8, 4) is 23.0 Å². The van der Waals surface area contributed by atoms with Gasteiger partial charge in [-0.15, -0.1) is 0 Å². The molecule has 0 saturated heterocycles. The minimum absolute atomic E-state index is 0.264. The van der Waals surface area contributed by atoms with E-state index in [9.17, 15) is 10.2 Å². The van der Waals surface area contributed by atoms with Gasteiger partial charge in [0.1, 0.15) is 36.2 Å². The van der Waals surface area contributed by atoms with Gasteiger partial charge < -0.3 is 19.7 Å². The van der Waals surface area contributed by atoms with E-state index in [4.69, 9.17) is 9.47 Å². The fraction of sp³-hybridized carbons (Fsp3) is 0.300. The van der Waals surface area contributed by atoms with Crippen molar-refractivity contribution in [2.75, 3.05) is 13.2 Å². The standard InChI is InChI=1S/C20H24O4/c1-12(10-23-19-8-6-17(21)13(2)15(19)4)11-24-20-9-7-18(22)14(3)16(20)5/h6-9,21-22H,1,10-11H2,2-5H3. The minimum Gasteiger partial charge on any atom is -0.508 e. The second-order valence-corrected chi connectivity index (χ2v) is 5.99. The molecule has 0 saturated carbocycles. The zero-order chi connectivity index (χ0) is 17.9. The number of hydrogen-bond acceptors (Lipinski definition) is 4. The summed E-state index contributed by atoms with van der Waals surface area (Å²) in [4.78, 5) is 0. The molecule has 0 atom stereocenters. The smallest absolute Gasteiger partial charge is 0.123 e. The van der Waals surface area contributed by atoms with Crippen LogP contribution >= 0.6 is 0 Å². The molecule has 0 aliphatic rings. The fourth-order valence-electron chi connectivity index (χ4n) is 2.28. The van der Waals surface area contributed by atoms with Gasteiger partial charge in [-0.1, -0.05) is 6.58 Å². The number of rotatable bonds is 6. The van der Waals surface area contributed by atoms with Crippen LogP contribution in [0.2, 0.25) is 0 Å². The van der Waals surface area contributed by atoms with Crippen molar-refractivity contribution in [1.82, 2.24) is 0 Å². The molecule has 2 aromatic rings. The highest BCUT2D eigenvalue weighted by atomic mass is 16.5. The molecule has 0 spiro atoms. The molecule has 2 N–H and O–H groups in total. The van der Waals surface area contributed by atoms with E-state index in [1.165, 1.54) is 0 Å². The summed E-state index contributed by atoms with van der Waals surface area (Å²) in [5.74, 6) is 1.98. The van der Waals surface area contributed by atoms with E-state index in [0.717, 1.165) is 39.3 Å². The molecule has 128 valence electrons. The van der Waals surface area contributed by atoms with Crippen LogP contribution in [0.3, 0.4) is 0 Å². The number of ether oxygens (including phenoxy) is 2. The summed E-state index contributed by atoms with van der Waals surface area (Å²) in [5.41, 5.74) is 4.24. The zero-order valence-electron chi connectivity index (χ0n) is 14.6. The Morgan fingerprint density at radius 2 is 1.12 bits per heavy atom. The van der Waals surface area contributed by atoms with Gasteiger partial charge in [0.25, 0.3) is 0 Å². The van der Waals surface area contributed by atoms with Crippen LogP contribution in [0, 0.1) is 27.7 Å². The predicted octanol–water partition coefficient (Wildman–Crippen LogP) is 4.35. The fourth-order valence-corrected chi connectivity index (χ4v) is 2.28. The Balaban J connectivity index is 1.93. The highest BCUT2D eigenvalue weighted by Crippen LogP contribution is 2.29. The Morgan fingerprint density at radius 3 is 1.50 bits per heavy atom. The van der Waals surface area contributed by atoms with Crippen LogP contribution in [0.4, 0.5) is 0 Å². The molecule has 0 bridgehead atoms. The molecule has 24 heavy (non-hydrogen) atoms.